The van der Waals surface area contributed by atoms with Crippen LogP contribution in [-0.4, -0.2) is 20.2 Å². The summed E-state index contributed by atoms with van der Waals surface area (Å²) < 4.78 is 15.1. The molecule has 3 unspecified atom stereocenters. The SMILES string of the molecule is CC1CCC(n2nnnc2-c2ccc(F)c(N)c2)C1C. The Balaban J connectivity index is 2.00. The Labute approximate surface area is 117 Å². The molecule has 0 saturated heterocycles. The lowest BCUT2D eigenvalue weighted by molar-refractivity contribution is 0.328. The fourth-order valence-corrected chi connectivity index (χ4v) is 2.97. The van der Waals surface area contributed by atoms with Crippen LogP contribution in [-0.2, 0) is 0 Å². The lowest BCUT2D eigenvalue weighted by atomic mass is 9.98. The maximum absolute atomic E-state index is 13.3. The molecule has 5 nitrogen and oxygen atoms in total. The highest BCUT2D eigenvalue weighted by Crippen LogP contribution is 2.40. The number of nitrogens with two attached hydrogens (primary N) is 1. The molecule has 0 spiro atoms. The Morgan fingerprint density at radius 3 is 2.75 bits per heavy atom. The highest BCUT2D eigenvalue weighted by Gasteiger charge is 2.33. The highest BCUT2D eigenvalue weighted by atomic mass is 19.1. The van der Waals surface area contributed by atoms with Gasteiger partial charge in [0.2, 0.25) is 0 Å². The number of nitrogen functional groups attached to an aromatic ring is 1. The van der Waals surface area contributed by atoms with Crippen LogP contribution in [0.3, 0.4) is 0 Å². The van der Waals surface area contributed by atoms with Crippen molar-refractivity contribution in [1.29, 1.82) is 0 Å². The zero-order valence-corrected chi connectivity index (χ0v) is 11.6. The summed E-state index contributed by atoms with van der Waals surface area (Å²) in [7, 11) is 0. The molecule has 1 aromatic heterocycles. The van der Waals surface area contributed by atoms with Crippen LogP contribution < -0.4 is 5.73 Å². The Morgan fingerprint density at radius 1 is 1.30 bits per heavy atom. The smallest absolute Gasteiger partial charge is 0.182 e. The van der Waals surface area contributed by atoms with Gasteiger partial charge in [-0.2, -0.15) is 0 Å². The van der Waals surface area contributed by atoms with Gasteiger partial charge in [0.15, 0.2) is 5.82 Å². The van der Waals surface area contributed by atoms with E-state index < -0.39 is 5.82 Å². The van der Waals surface area contributed by atoms with Crippen molar-refractivity contribution in [2.75, 3.05) is 5.73 Å². The van der Waals surface area contributed by atoms with Crippen molar-refractivity contribution in [2.45, 2.75) is 32.7 Å². The average Bonchev–Trinajstić information content (AvgIpc) is 3.01. The first kappa shape index (κ1) is 13.0. The van der Waals surface area contributed by atoms with E-state index in [4.69, 9.17) is 5.73 Å². The van der Waals surface area contributed by atoms with Gasteiger partial charge in [0.25, 0.3) is 0 Å². The second-order valence-electron chi connectivity index (χ2n) is 5.66. The summed E-state index contributed by atoms with van der Waals surface area (Å²) in [5, 5.41) is 12.0. The van der Waals surface area contributed by atoms with E-state index in [1.165, 1.54) is 12.5 Å². The van der Waals surface area contributed by atoms with Crippen LogP contribution in [0.15, 0.2) is 18.2 Å². The van der Waals surface area contributed by atoms with Crippen LogP contribution in [0.4, 0.5) is 10.1 Å². The predicted molar refractivity (Wildman–Crippen MR) is 74.2 cm³/mol. The Morgan fingerprint density at radius 2 is 2.10 bits per heavy atom. The first-order valence-corrected chi connectivity index (χ1v) is 6.91. The normalized spacial score (nSPS) is 26.1. The summed E-state index contributed by atoms with van der Waals surface area (Å²) in [5.74, 6) is 1.42. The van der Waals surface area contributed by atoms with Crippen LogP contribution >= 0.6 is 0 Å². The van der Waals surface area contributed by atoms with E-state index in [-0.39, 0.29) is 5.69 Å². The quantitative estimate of drug-likeness (QED) is 0.855. The van der Waals surface area contributed by atoms with E-state index in [1.54, 1.807) is 12.1 Å². The summed E-state index contributed by atoms with van der Waals surface area (Å²) in [5.41, 5.74) is 6.49. The van der Waals surface area contributed by atoms with Crippen molar-refractivity contribution < 1.29 is 4.39 Å². The largest absolute Gasteiger partial charge is 0.396 e. The van der Waals surface area contributed by atoms with Crippen LogP contribution in [0.5, 0.6) is 0 Å². The molecule has 2 N–H and O–H groups in total. The van der Waals surface area contributed by atoms with Crippen molar-refractivity contribution >= 4 is 5.69 Å². The van der Waals surface area contributed by atoms with Gasteiger partial charge in [-0.15, -0.1) is 5.10 Å². The molecule has 6 heteroatoms. The highest BCUT2D eigenvalue weighted by molar-refractivity contribution is 5.61. The first-order chi connectivity index (χ1) is 9.58. The van der Waals surface area contributed by atoms with Crippen LogP contribution in [0.1, 0.15) is 32.7 Å². The van der Waals surface area contributed by atoms with Crippen molar-refractivity contribution in [2.24, 2.45) is 11.8 Å². The van der Waals surface area contributed by atoms with Gasteiger partial charge in [-0.25, -0.2) is 9.07 Å². The first-order valence-electron chi connectivity index (χ1n) is 6.91. The van der Waals surface area contributed by atoms with E-state index in [0.717, 1.165) is 12.0 Å². The van der Waals surface area contributed by atoms with Crippen LogP contribution in [0, 0.1) is 17.7 Å². The molecule has 1 heterocycles. The van der Waals surface area contributed by atoms with E-state index in [0.29, 0.717) is 23.7 Å². The number of halogens is 1. The molecule has 0 aliphatic heterocycles. The van der Waals surface area contributed by atoms with Gasteiger partial charge in [-0.1, -0.05) is 13.8 Å². The number of benzene rings is 1. The van der Waals surface area contributed by atoms with Crippen molar-refractivity contribution in [3.63, 3.8) is 0 Å². The minimum absolute atomic E-state index is 0.116. The van der Waals surface area contributed by atoms with E-state index in [1.807, 2.05) is 4.68 Å². The summed E-state index contributed by atoms with van der Waals surface area (Å²) >= 11 is 0. The molecule has 1 aliphatic rings. The molecular formula is C14H18FN5. The predicted octanol–water partition coefficient (Wildman–Crippen LogP) is 2.67. The zero-order chi connectivity index (χ0) is 14.3. The molecule has 0 amide bonds. The summed E-state index contributed by atoms with van der Waals surface area (Å²) in [6, 6.07) is 4.89. The third-order valence-electron chi connectivity index (χ3n) is 4.48. The third-order valence-corrected chi connectivity index (χ3v) is 4.48. The maximum atomic E-state index is 13.3. The molecule has 1 aromatic carbocycles. The fraction of sp³-hybridized carbons (Fsp3) is 0.500. The number of nitrogens with zero attached hydrogens (tertiary/aromatic N) is 4. The van der Waals surface area contributed by atoms with Gasteiger partial charge in [-0.05, 0) is 53.3 Å². The van der Waals surface area contributed by atoms with E-state index >= 15 is 0 Å². The monoisotopic (exact) mass is 275 g/mol. The average molecular weight is 275 g/mol. The summed E-state index contributed by atoms with van der Waals surface area (Å²) in [6.45, 7) is 4.48. The lowest BCUT2D eigenvalue weighted by Gasteiger charge is -2.19. The lowest BCUT2D eigenvalue weighted by Crippen LogP contribution is -2.17. The molecule has 0 bridgehead atoms. The molecule has 1 saturated carbocycles. The summed E-state index contributed by atoms with van der Waals surface area (Å²) in [4.78, 5) is 0. The maximum Gasteiger partial charge on any atom is 0.182 e. The van der Waals surface area contributed by atoms with E-state index in [9.17, 15) is 4.39 Å². The number of hydrogen-bond acceptors (Lipinski definition) is 4. The second kappa shape index (κ2) is 4.85. The minimum Gasteiger partial charge on any atom is -0.396 e. The van der Waals surface area contributed by atoms with Crippen molar-refractivity contribution in [1.82, 2.24) is 20.2 Å². The zero-order valence-electron chi connectivity index (χ0n) is 11.6. The van der Waals surface area contributed by atoms with Crippen molar-refractivity contribution in [3.05, 3.63) is 24.0 Å². The van der Waals surface area contributed by atoms with Crippen LogP contribution in [0.2, 0.25) is 0 Å². The molecule has 3 atom stereocenters. The fourth-order valence-electron chi connectivity index (χ4n) is 2.97. The molecular weight excluding hydrogens is 257 g/mol. The topological polar surface area (TPSA) is 69.6 Å². The second-order valence-corrected chi connectivity index (χ2v) is 5.66. The molecule has 2 aromatic rings. The Bertz CT molecular complexity index is 624. The minimum atomic E-state index is -0.421. The molecule has 106 valence electrons. The van der Waals surface area contributed by atoms with Crippen LogP contribution in [0.25, 0.3) is 11.4 Å². The molecule has 1 aliphatic carbocycles. The molecule has 20 heavy (non-hydrogen) atoms. The van der Waals surface area contributed by atoms with Gasteiger partial charge in [0.05, 0.1) is 11.7 Å². The summed E-state index contributed by atoms with van der Waals surface area (Å²) in [6.07, 6.45) is 2.24. The third kappa shape index (κ3) is 2.05. The van der Waals surface area contributed by atoms with Gasteiger partial charge < -0.3 is 5.73 Å². The molecule has 0 radical (unpaired) electrons. The number of rotatable bonds is 2. The van der Waals surface area contributed by atoms with Gasteiger partial charge in [-0.3, -0.25) is 0 Å². The van der Waals surface area contributed by atoms with E-state index in [2.05, 4.69) is 29.4 Å². The number of anilines is 1. The van der Waals surface area contributed by atoms with Gasteiger partial charge in [0, 0.05) is 5.56 Å². The number of tetrazole rings is 1. The molecule has 3 rings (SSSR count). The number of aromatic nitrogens is 4. The Hall–Kier alpha value is -1.98. The molecule has 1 fully saturated rings. The van der Waals surface area contributed by atoms with Gasteiger partial charge >= 0.3 is 0 Å². The Kier molecular flexibility index (Phi) is 3.16. The standard InChI is InChI=1S/C14H18FN5/c1-8-3-6-13(9(8)2)20-14(17-18-19-20)10-4-5-11(15)12(16)7-10/h4-5,7-9,13H,3,6,16H2,1-2H3. The van der Waals surface area contributed by atoms with Crippen molar-refractivity contribution in [3.8, 4) is 11.4 Å². The van der Waals surface area contributed by atoms with Gasteiger partial charge in [0.1, 0.15) is 5.82 Å². The number of hydrogen-bond donors (Lipinski definition) is 1.